The molecule has 1 unspecified atom stereocenters. The van der Waals surface area contributed by atoms with Gasteiger partial charge >= 0.3 is 0 Å². The predicted molar refractivity (Wildman–Crippen MR) is 89.7 cm³/mol. The minimum Gasteiger partial charge on any atom is -0.508 e. The Morgan fingerprint density at radius 3 is 2.29 bits per heavy atom. The molecule has 0 spiro atoms. The molecule has 1 aromatic carbocycles. The highest BCUT2D eigenvalue weighted by molar-refractivity contribution is 5.25. The maximum absolute atomic E-state index is 9.31. The largest absolute Gasteiger partial charge is 0.508 e. The lowest BCUT2D eigenvalue weighted by atomic mass is 9.92. The van der Waals surface area contributed by atoms with Crippen LogP contribution in [0.15, 0.2) is 24.3 Å². The number of rotatable bonds is 6. The maximum atomic E-state index is 9.31. The highest BCUT2D eigenvalue weighted by Gasteiger charge is 2.20. The molecule has 0 amide bonds. The summed E-state index contributed by atoms with van der Waals surface area (Å²) in [6.45, 7) is 4.67. The zero-order valence-electron chi connectivity index (χ0n) is 13.6. The van der Waals surface area contributed by atoms with Gasteiger partial charge in [0.05, 0.1) is 0 Å². The Kier molecular flexibility index (Phi) is 6.56. The van der Waals surface area contributed by atoms with Gasteiger partial charge in [-0.2, -0.15) is 0 Å². The number of hydrogen-bond acceptors (Lipinski definition) is 2. The molecule has 118 valence electrons. The van der Waals surface area contributed by atoms with Crippen molar-refractivity contribution < 1.29 is 5.11 Å². The van der Waals surface area contributed by atoms with E-state index in [-0.39, 0.29) is 0 Å². The molecule has 2 nitrogen and oxygen atoms in total. The minimum absolute atomic E-state index is 0.354. The van der Waals surface area contributed by atoms with Crippen LogP contribution in [0.2, 0.25) is 0 Å². The summed E-state index contributed by atoms with van der Waals surface area (Å²) in [5.41, 5.74) is 1.31. The fourth-order valence-electron chi connectivity index (χ4n) is 3.52. The van der Waals surface area contributed by atoms with E-state index in [2.05, 4.69) is 19.2 Å². The van der Waals surface area contributed by atoms with Crippen LogP contribution in [0.4, 0.5) is 0 Å². The minimum atomic E-state index is 0.354. The average Bonchev–Trinajstić information content (AvgIpc) is 2.76. The van der Waals surface area contributed by atoms with Crippen molar-refractivity contribution in [3.63, 3.8) is 0 Å². The van der Waals surface area contributed by atoms with E-state index in [9.17, 15) is 5.11 Å². The smallest absolute Gasteiger partial charge is 0.115 e. The van der Waals surface area contributed by atoms with Crippen LogP contribution in [-0.4, -0.2) is 17.2 Å². The lowest BCUT2D eigenvalue weighted by molar-refractivity contribution is 0.309. The topological polar surface area (TPSA) is 32.3 Å². The van der Waals surface area contributed by atoms with Gasteiger partial charge in [0.25, 0.3) is 0 Å². The zero-order valence-corrected chi connectivity index (χ0v) is 13.6. The Morgan fingerprint density at radius 2 is 1.67 bits per heavy atom. The van der Waals surface area contributed by atoms with Gasteiger partial charge in [-0.15, -0.1) is 0 Å². The fourth-order valence-corrected chi connectivity index (χ4v) is 3.52. The zero-order chi connectivity index (χ0) is 15.1. The summed E-state index contributed by atoms with van der Waals surface area (Å²) < 4.78 is 0. The molecule has 0 radical (unpaired) electrons. The number of aromatic hydroxyl groups is 1. The summed E-state index contributed by atoms with van der Waals surface area (Å²) in [5, 5.41) is 13.1. The highest BCUT2D eigenvalue weighted by Crippen LogP contribution is 2.25. The molecule has 0 aromatic heterocycles. The standard InChI is InChI=1S/C19H31NO/c1-15(9-10-17-11-13-19(21)14-12-17)20-16(2)18-7-5-3-4-6-8-18/h11-16,18,20-21H,3-10H2,1-2H3/t15?,16-/m0/s1. The molecule has 0 saturated heterocycles. The molecule has 2 rings (SSSR count). The van der Waals surface area contributed by atoms with Crippen molar-refractivity contribution in [2.45, 2.75) is 77.3 Å². The van der Waals surface area contributed by atoms with E-state index >= 15 is 0 Å². The molecule has 1 aliphatic rings. The van der Waals surface area contributed by atoms with E-state index < -0.39 is 0 Å². The average molecular weight is 289 g/mol. The summed E-state index contributed by atoms with van der Waals surface area (Å²) in [6, 6.07) is 8.80. The molecule has 2 N–H and O–H groups in total. The summed E-state index contributed by atoms with van der Waals surface area (Å²) in [7, 11) is 0. The van der Waals surface area contributed by atoms with Crippen LogP contribution in [-0.2, 0) is 6.42 Å². The van der Waals surface area contributed by atoms with E-state index in [1.165, 1.54) is 44.1 Å². The molecule has 0 heterocycles. The van der Waals surface area contributed by atoms with Crippen molar-refractivity contribution >= 4 is 0 Å². The van der Waals surface area contributed by atoms with Crippen LogP contribution in [0.25, 0.3) is 0 Å². The van der Waals surface area contributed by atoms with Crippen molar-refractivity contribution in [1.29, 1.82) is 0 Å². The molecule has 0 aliphatic heterocycles. The second-order valence-electron chi connectivity index (χ2n) is 6.81. The van der Waals surface area contributed by atoms with Gasteiger partial charge in [-0.1, -0.05) is 37.8 Å². The molecular formula is C19H31NO. The summed E-state index contributed by atoms with van der Waals surface area (Å²) >= 11 is 0. The van der Waals surface area contributed by atoms with Gasteiger partial charge in [-0.25, -0.2) is 0 Å². The Morgan fingerprint density at radius 1 is 1.05 bits per heavy atom. The number of hydrogen-bond donors (Lipinski definition) is 2. The molecule has 2 atom stereocenters. The van der Waals surface area contributed by atoms with Gasteiger partial charge in [0.1, 0.15) is 5.75 Å². The second-order valence-corrected chi connectivity index (χ2v) is 6.81. The fraction of sp³-hybridized carbons (Fsp3) is 0.684. The third-order valence-electron chi connectivity index (χ3n) is 4.96. The summed E-state index contributed by atoms with van der Waals surface area (Å²) in [6.07, 6.45) is 10.7. The number of benzene rings is 1. The van der Waals surface area contributed by atoms with E-state index in [1.54, 1.807) is 12.1 Å². The number of phenols is 1. The molecule has 1 aromatic rings. The quantitative estimate of drug-likeness (QED) is 0.746. The molecule has 0 bridgehead atoms. The number of phenolic OH excluding ortho intramolecular Hbond substituents is 1. The second kappa shape index (κ2) is 8.43. The first kappa shape index (κ1) is 16.4. The van der Waals surface area contributed by atoms with Crippen LogP contribution in [0.1, 0.15) is 64.4 Å². The molecule has 1 saturated carbocycles. The van der Waals surface area contributed by atoms with Gasteiger partial charge in [0, 0.05) is 12.1 Å². The normalized spacial score (nSPS) is 19.9. The molecule has 1 fully saturated rings. The third kappa shape index (κ3) is 5.70. The summed E-state index contributed by atoms with van der Waals surface area (Å²) in [4.78, 5) is 0. The van der Waals surface area contributed by atoms with Crippen LogP contribution >= 0.6 is 0 Å². The predicted octanol–water partition coefficient (Wildman–Crippen LogP) is 4.66. The van der Waals surface area contributed by atoms with Crippen molar-refractivity contribution in [2.24, 2.45) is 5.92 Å². The van der Waals surface area contributed by atoms with Crippen molar-refractivity contribution in [3.8, 4) is 5.75 Å². The first-order valence-corrected chi connectivity index (χ1v) is 8.69. The van der Waals surface area contributed by atoms with Crippen LogP contribution in [0, 0.1) is 5.92 Å². The summed E-state index contributed by atoms with van der Waals surface area (Å²) in [5.74, 6) is 1.22. The van der Waals surface area contributed by atoms with Gasteiger partial charge in [-0.3, -0.25) is 0 Å². The van der Waals surface area contributed by atoms with Crippen molar-refractivity contribution in [3.05, 3.63) is 29.8 Å². The number of nitrogens with one attached hydrogen (secondary N) is 1. The lowest BCUT2D eigenvalue weighted by Gasteiger charge is -2.27. The molecular weight excluding hydrogens is 258 g/mol. The Hall–Kier alpha value is -1.02. The Balaban J connectivity index is 1.72. The van der Waals surface area contributed by atoms with Crippen LogP contribution < -0.4 is 5.32 Å². The first-order chi connectivity index (χ1) is 10.1. The van der Waals surface area contributed by atoms with Crippen molar-refractivity contribution in [1.82, 2.24) is 5.32 Å². The Bertz CT molecular complexity index is 393. The molecule has 21 heavy (non-hydrogen) atoms. The Labute approximate surface area is 130 Å². The molecule has 2 heteroatoms. The van der Waals surface area contributed by atoms with Crippen molar-refractivity contribution in [2.75, 3.05) is 0 Å². The van der Waals surface area contributed by atoms with Gasteiger partial charge in [0.2, 0.25) is 0 Å². The van der Waals surface area contributed by atoms with Crippen LogP contribution in [0.5, 0.6) is 5.75 Å². The van der Waals surface area contributed by atoms with E-state index in [0.717, 1.165) is 18.8 Å². The van der Waals surface area contributed by atoms with E-state index in [4.69, 9.17) is 0 Å². The highest BCUT2D eigenvalue weighted by atomic mass is 16.3. The first-order valence-electron chi connectivity index (χ1n) is 8.69. The third-order valence-corrected chi connectivity index (χ3v) is 4.96. The van der Waals surface area contributed by atoms with Crippen LogP contribution in [0.3, 0.4) is 0 Å². The maximum Gasteiger partial charge on any atom is 0.115 e. The van der Waals surface area contributed by atoms with Gasteiger partial charge in [-0.05, 0) is 63.1 Å². The molecule has 1 aliphatic carbocycles. The van der Waals surface area contributed by atoms with E-state index in [0.29, 0.717) is 17.8 Å². The van der Waals surface area contributed by atoms with Gasteiger partial charge < -0.3 is 10.4 Å². The monoisotopic (exact) mass is 289 g/mol. The van der Waals surface area contributed by atoms with E-state index in [1.807, 2.05) is 12.1 Å². The SMILES string of the molecule is CC(CCc1ccc(O)cc1)N[C@@H](C)C1CCCCCC1. The van der Waals surface area contributed by atoms with Gasteiger partial charge in [0.15, 0.2) is 0 Å². The number of aryl methyl sites for hydroxylation is 1. The lowest BCUT2D eigenvalue weighted by Crippen LogP contribution is -2.39.